The zero-order valence-electron chi connectivity index (χ0n) is 18.6. The summed E-state index contributed by atoms with van der Waals surface area (Å²) in [6, 6.07) is 11.8. The van der Waals surface area contributed by atoms with E-state index in [2.05, 4.69) is 20.4 Å². The molecule has 2 aliphatic rings. The molecule has 5 rings (SSSR count). The number of benzene rings is 2. The molecular formula is C23H24FN5O4S. The van der Waals surface area contributed by atoms with Gasteiger partial charge in [0, 0.05) is 19.6 Å². The highest BCUT2D eigenvalue weighted by atomic mass is 32.2. The minimum Gasteiger partial charge on any atom is -0.454 e. The number of nitrogens with zero attached hydrogens (tertiary/aromatic N) is 4. The van der Waals surface area contributed by atoms with Crippen LogP contribution in [0.15, 0.2) is 47.6 Å². The van der Waals surface area contributed by atoms with Crippen molar-refractivity contribution in [3.63, 3.8) is 0 Å². The van der Waals surface area contributed by atoms with Gasteiger partial charge in [0.15, 0.2) is 16.7 Å². The van der Waals surface area contributed by atoms with Crippen LogP contribution in [0.5, 0.6) is 11.5 Å². The van der Waals surface area contributed by atoms with Gasteiger partial charge in [-0.3, -0.25) is 9.36 Å². The van der Waals surface area contributed by atoms with Crippen LogP contribution in [0.4, 0.5) is 10.3 Å². The normalized spacial score (nSPS) is 15.9. The summed E-state index contributed by atoms with van der Waals surface area (Å²) in [5.41, 5.74) is 1.51. The molecular weight excluding hydrogens is 461 g/mol. The van der Waals surface area contributed by atoms with Gasteiger partial charge < -0.3 is 24.4 Å². The largest absolute Gasteiger partial charge is 0.454 e. The van der Waals surface area contributed by atoms with Crippen LogP contribution in [0, 0.1) is 5.82 Å². The van der Waals surface area contributed by atoms with Crippen LogP contribution in [0.1, 0.15) is 12.5 Å². The Morgan fingerprint density at radius 2 is 1.97 bits per heavy atom. The third kappa shape index (κ3) is 4.80. The van der Waals surface area contributed by atoms with Crippen LogP contribution in [0.25, 0.3) is 5.69 Å². The lowest BCUT2D eigenvalue weighted by atomic mass is 10.2. The zero-order valence-corrected chi connectivity index (χ0v) is 19.4. The number of morpholine rings is 1. The zero-order chi connectivity index (χ0) is 23.5. The number of nitrogens with one attached hydrogen (secondary N) is 1. The number of carbonyl (C=O) groups excluding carboxylic acids is 1. The molecule has 11 heteroatoms. The standard InChI is InChI=1S/C23H24FN5O4S/c1-15(21(30)25-13-16-5-6-19-20(11-16)33-14-32-19)34-23-27-26-22(28-7-9-31-10-8-28)29(23)18-4-2-3-17(24)12-18/h2-6,11-12,15H,7-10,13-14H2,1H3,(H,25,30). The Labute approximate surface area is 200 Å². The highest BCUT2D eigenvalue weighted by Crippen LogP contribution is 2.33. The van der Waals surface area contributed by atoms with E-state index in [1.807, 2.05) is 18.2 Å². The summed E-state index contributed by atoms with van der Waals surface area (Å²) in [5.74, 6) is 1.47. The van der Waals surface area contributed by atoms with Gasteiger partial charge in [0.25, 0.3) is 0 Å². The second-order valence-corrected chi connectivity index (χ2v) is 9.17. The summed E-state index contributed by atoms with van der Waals surface area (Å²) in [6.07, 6.45) is 0. The van der Waals surface area contributed by atoms with Gasteiger partial charge in [-0.1, -0.05) is 23.9 Å². The van der Waals surface area contributed by atoms with E-state index in [1.165, 1.54) is 23.9 Å². The average molecular weight is 486 g/mol. The van der Waals surface area contributed by atoms with Crippen LogP contribution < -0.4 is 19.7 Å². The monoisotopic (exact) mass is 485 g/mol. The topological polar surface area (TPSA) is 90.7 Å². The molecule has 178 valence electrons. The van der Waals surface area contributed by atoms with Crippen LogP contribution >= 0.6 is 11.8 Å². The Hall–Kier alpha value is -3.31. The van der Waals surface area contributed by atoms with Gasteiger partial charge in [0.05, 0.1) is 24.2 Å². The number of fused-ring (bicyclic) bond motifs is 1. The van der Waals surface area contributed by atoms with Crippen molar-refractivity contribution < 1.29 is 23.4 Å². The molecule has 0 saturated carbocycles. The van der Waals surface area contributed by atoms with Crippen molar-refractivity contribution >= 4 is 23.6 Å². The maximum atomic E-state index is 14.0. The predicted molar refractivity (Wildman–Crippen MR) is 124 cm³/mol. The SMILES string of the molecule is CC(Sc1nnc(N2CCOCC2)n1-c1cccc(F)c1)C(=O)NCc1ccc2c(c1)OCO2. The summed E-state index contributed by atoms with van der Waals surface area (Å²) in [4.78, 5) is 14.9. The molecule has 34 heavy (non-hydrogen) atoms. The molecule has 1 saturated heterocycles. The van der Waals surface area contributed by atoms with Crippen molar-refractivity contribution in [2.45, 2.75) is 23.9 Å². The molecule has 9 nitrogen and oxygen atoms in total. The molecule has 0 radical (unpaired) electrons. The molecule has 1 aromatic heterocycles. The number of carbonyl (C=O) groups is 1. The first-order valence-corrected chi connectivity index (χ1v) is 11.8. The van der Waals surface area contributed by atoms with Crippen molar-refractivity contribution in [3.05, 3.63) is 53.8 Å². The lowest BCUT2D eigenvalue weighted by Gasteiger charge is -2.28. The minimum absolute atomic E-state index is 0.149. The lowest BCUT2D eigenvalue weighted by molar-refractivity contribution is -0.120. The molecule has 3 heterocycles. The van der Waals surface area contributed by atoms with E-state index in [0.717, 1.165) is 5.56 Å². The molecule has 0 bridgehead atoms. The van der Waals surface area contributed by atoms with Crippen LogP contribution in [0.3, 0.4) is 0 Å². The smallest absolute Gasteiger partial charge is 0.233 e. The van der Waals surface area contributed by atoms with Crippen LogP contribution in [-0.2, 0) is 16.1 Å². The first-order chi connectivity index (χ1) is 16.6. The maximum Gasteiger partial charge on any atom is 0.233 e. The Morgan fingerprint density at radius 3 is 2.79 bits per heavy atom. The Balaban J connectivity index is 1.31. The van der Waals surface area contributed by atoms with E-state index in [4.69, 9.17) is 14.2 Å². The molecule has 1 unspecified atom stereocenters. The van der Waals surface area contributed by atoms with E-state index >= 15 is 0 Å². The lowest BCUT2D eigenvalue weighted by Crippen LogP contribution is -2.38. The van der Waals surface area contributed by atoms with Crippen LogP contribution in [-0.4, -0.2) is 59.0 Å². The van der Waals surface area contributed by atoms with Crippen molar-refractivity contribution in [2.75, 3.05) is 38.0 Å². The number of ether oxygens (including phenoxy) is 3. The van der Waals surface area contributed by atoms with Crippen molar-refractivity contribution in [2.24, 2.45) is 0 Å². The van der Waals surface area contributed by atoms with E-state index in [0.29, 0.717) is 61.1 Å². The number of hydrogen-bond donors (Lipinski definition) is 1. The van der Waals surface area contributed by atoms with Gasteiger partial charge in [-0.05, 0) is 42.8 Å². The Morgan fingerprint density at radius 1 is 1.15 bits per heavy atom. The third-order valence-corrected chi connectivity index (χ3v) is 6.57. The summed E-state index contributed by atoms with van der Waals surface area (Å²) in [7, 11) is 0. The van der Waals surface area contributed by atoms with Gasteiger partial charge in [-0.25, -0.2) is 4.39 Å². The Kier molecular flexibility index (Phi) is 6.54. The van der Waals surface area contributed by atoms with Gasteiger partial charge in [-0.15, -0.1) is 10.2 Å². The summed E-state index contributed by atoms with van der Waals surface area (Å²) in [6.45, 7) is 4.84. The second kappa shape index (κ2) is 9.90. The molecule has 2 aromatic carbocycles. The molecule has 3 aromatic rings. The van der Waals surface area contributed by atoms with Crippen LogP contribution in [0.2, 0.25) is 0 Å². The molecule has 1 atom stereocenters. The first-order valence-electron chi connectivity index (χ1n) is 11.0. The molecule has 0 aliphatic carbocycles. The quantitative estimate of drug-likeness (QED) is 0.511. The van der Waals surface area contributed by atoms with E-state index in [-0.39, 0.29) is 18.5 Å². The fourth-order valence-corrected chi connectivity index (χ4v) is 4.63. The molecule has 2 aliphatic heterocycles. The number of halogens is 1. The molecule has 1 fully saturated rings. The summed E-state index contributed by atoms with van der Waals surface area (Å²) >= 11 is 1.27. The molecule has 0 spiro atoms. The number of rotatable bonds is 7. The van der Waals surface area contributed by atoms with Gasteiger partial charge in [-0.2, -0.15) is 0 Å². The number of amides is 1. The van der Waals surface area contributed by atoms with E-state index < -0.39 is 5.25 Å². The number of anilines is 1. The summed E-state index contributed by atoms with van der Waals surface area (Å²) in [5, 5.41) is 11.7. The fraction of sp³-hybridized carbons (Fsp3) is 0.348. The minimum atomic E-state index is -0.456. The van der Waals surface area contributed by atoms with Crippen molar-refractivity contribution in [1.29, 1.82) is 0 Å². The highest BCUT2D eigenvalue weighted by molar-refractivity contribution is 8.00. The van der Waals surface area contributed by atoms with E-state index in [1.54, 1.807) is 23.6 Å². The average Bonchev–Trinajstić information content (AvgIpc) is 3.49. The fourth-order valence-electron chi connectivity index (χ4n) is 3.74. The summed E-state index contributed by atoms with van der Waals surface area (Å²) < 4.78 is 32.0. The van der Waals surface area contributed by atoms with Crippen molar-refractivity contribution in [1.82, 2.24) is 20.1 Å². The van der Waals surface area contributed by atoms with Gasteiger partial charge in [0.2, 0.25) is 18.6 Å². The number of hydrogen-bond acceptors (Lipinski definition) is 8. The maximum absolute atomic E-state index is 14.0. The van der Waals surface area contributed by atoms with Crippen molar-refractivity contribution in [3.8, 4) is 17.2 Å². The second-order valence-electron chi connectivity index (χ2n) is 7.86. The molecule has 1 amide bonds. The first kappa shape index (κ1) is 22.5. The van der Waals surface area contributed by atoms with Gasteiger partial charge >= 0.3 is 0 Å². The van der Waals surface area contributed by atoms with E-state index in [9.17, 15) is 9.18 Å². The Bertz CT molecular complexity index is 1180. The number of thioether (sulfide) groups is 1. The molecule has 1 N–H and O–H groups in total. The predicted octanol–water partition coefficient (Wildman–Crippen LogP) is 2.77. The highest BCUT2D eigenvalue weighted by Gasteiger charge is 2.25. The van der Waals surface area contributed by atoms with Gasteiger partial charge in [0.1, 0.15) is 5.82 Å². The third-order valence-electron chi connectivity index (χ3n) is 5.53. The number of aromatic nitrogens is 3.